The largest absolute Gasteiger partial charge is 0.497 e. The van der Waals surface area contributed by atoms with E-state index in [-0.39, 0.29) is 0 Å². The predicted octanol–water partition coefficient (Wildman–Crippen LogP) is 3.06. The number of aromatic nitrogens is 3. The summed E-state index contributed by atoms with van der Waals surface area (Å²) < 4.78 is 7.10. The topological polar surface area (TPSA) is 39.4 Å². The van der Waals surface area contributed by atoms with Gasteiger partial charge in [-0.25, -0.2) is 0 Å². The fraction of sp³-hybridized carbons (Fsp3) is 0.0769. The number of nitrogens with zero attached hydrogens (tertiary/aromatic N) is 3. The molecule has 0 aliphatic carbocycles. The Morgan fingerprint density at radius 2 is 2.06 bits per heavy atom. The van der Waals surface area contributed by atoms with Crippen LogP contribution in [0.3, 0.4) is 0 Å². The number of methoxy groups -OCH3 is 1. The van der Waals surface area contributed by atoms with Gasteiger partial charge in [0.1, 0.15) is 5.75 Å². The van der Waals surface area contributed by atoms with Gasteiger partial charge in [-0.05, 0) is 18.2 Å². The Labute approximate surface area is 109 Å². The van der Waals surface area contributed by atoms with Crippen LogP contribution in [0.2, 0.25) is 5.02 Å². The summed E-state index contributed by atoms with van der Waals surface area (Å²) in [5.41, 5.74) is 1.67. The molecule has 0 saturated carbocycles. The Morgan fingerprint density at radius 1 is 1.17 bits per heavy atom. The molecule has 2 aromatic heterocycles. The summed E-state index contributed by atoms with van der Waals surface area (Å²) in [6.07, 6.45) is 1.85. The molecule has 0 bridgehead atoms. The van der Waals surface area contributed by atoms with Crippen LogP contribution in [0, 0.1) is 0 Å². The van der Waals surface area contributed by atoms with Crippen LogP contribution in [0.5, 0.6) is 5.75 Å². The molecule has 4 nitrogen and oxygen atoms in total. The van der Waals surface area contributed by atoms with Gasteiger partial charge in [-0.2, -0.15) is 0 Å². The first-order chi connectivity index (χ1) is 8.78. The van der Waals surface area contributed by atoms with Crippen molar-refractivity contribution in [3.8, 4) is 17.1 Å². The lowest BCUT2D eigenvalue weighted by molar-refractivity contribution is 0.415. The van der Waals surface area contributed by atoms with Crippen LogP contribution >= 0.6 is 11.6 Å². The monoisotopic (exact) mass is 259 g/mol. The highest BCUT2D eigenvalue weighted by Crippen LogP contribution is 2.23. The maximum Gasteiger partial charge on any atom is 0.168 e. The van der Waals surface area contributed by atoms with Crippen LogP contribution in [0.15, 0.2) is 42.6 Å². The third-order valence-electron chi connectivity index (χ3n) is 2.70. The third-order valence-corrected chi connectivity index (χ3v) is 2.94. The summed E-state index contributed by atoms with van der Waals surface area (Å²) in [6.45, 7) is 0. The quantitative estimate of drug-likeness (QED) is 0.710. The van der Waals surface area contributed by atoms with Gasteiger partial charge in [0.25, 0.3) is 0 Å². The number of ether oxygens (including phenoxy) is 1. The molecule has 0 unspecified atom stereocenters. The Kier molecular flexibility index (Phi) is 2.64. The van der Waals surface area contributed by atoms with Crippen molar-refractivity contribution < 1.29 is 4.74 Å². The van der Waals surface area contributed by atoms with Crippen LogP contribution in [0.1, 0.15) is 0 Å². The minimum Gasteiger partial charge on any atom is -0.497 e. The van der Waals surface area contributed by atoms with Gasteiger partial charge in [-0.3, -0.25) is 4.40 Å². The van der Waals surface area contributed by atoms with Crippen molar-refractivity contribution in [2.24, 2.45) is 0 Å². The number of benzene rings is 1. The molecule has 0 spiro atoms. The molecule has 0 amide bonds. The van der Waals surface area contributed by atoms with Crippen LogP contribution in [-0.4, -0.2) is 21.7 Å². The molecule has 0 aliphatic rings. The average Bonchev–Trinajstić information content (AvgIpc) is 2.81. The molecule has 0 aliphatic heterocycles. The zero-order valence-electron chi connectivity index (χ0n) is 9.67. The molecular weight excluding hydrogens is 250 g/mol. The van der Waals surface area contributed by atoms with Crippen molar-refractivity contribution >= 4 is 17.2 Å². The molecule has 3 aromatic rings. The number of hydrogen-bond donors (Lipinski definition) is 0. The highest BCUT2D eigenvalue weighted by atomic mass is 35.5. The number of fused-ring (bicyclic) bond motifs is 1. The van der Waals surface area contributed by atoms with Gasteiger partial charge in [0.15, 0.2) is 11.5 Å². The van der Waals surface area contributed by atoms with Gasteiger partial charge in [0.05, 0.1) is 7.11 Å². The molecule has 3 rings (SSSR count). The summed E-state index contributed by atoms with van der Waals surface area (Å²) in [5.74, 6) is 1.55. The van der Waals surface area contributed by atoms with Crippen LogP contribution in [-0.2, 0) is 0 Å². The molecule has 0 fully saturated rings. The molecule has 0 atom stereocenters. The summed E-state index contributed by atoms with van der Waals surface area (Å²) in [6, 6.07) is 11.3. The Morgan fingerprint density at radius 3 is 2.89 bits per heavy atom. The van der Waals surface area contributed by atoms with E-state index in [1.54, 1.807) is 13.2 Å². The number of hydrogen-bond acceptors (Lipinski definition) is 3. The summed E-state index contributed by atoms with van der Waals surface area (Å²) in [7, 11) is 1.64. The lowest BCUT2D eigenvalue weighted by atomic mass is 10.2. The van der Waals surface area contributed by atoms with Gasteiger partial charge >= 0.3 is 0 Å². The first-order valence-corrected chi connectivity index (χ1v) is 5.80. The molecule has 0 saturated heterocycles. The molecular formula is C13H10ClN3O. The minimum atomic E-state index is 0.645. The van der Waals surface area contributed by atoms with Crippen molar-refractivity contribution in [3.05, 3.63) is 47.6 Å². The van der Waals surface area contributed by atoms with Gasteiger partial charge in [0.2, 0.25) is 0 Å². The molecule has 0 radical (unpaired) electrons. The van der Waals surface area contributed by atoms with E-state index in [1.807, 2.05) is 40.9 Å². The van der Waals surface area contributed by atoms with Gasteiger partial charge in [-0.1, -0.05) is 23.7 Å². The van der Waals surface area contributed by atoms with Crippen molar-refractivity contribution in [3.63, 3.8) is 0 Å². The standard InChI is InChI=1S/C13H10ClN3O/c1-18-11-4-2-3-9(7-11)13-16-15-12-8-10(14)5-6-17(12)13/h2-8H,1H3. The van der Waals surface area contributed by atoms with E-state index in [0.717, 1.165) is 22.8 Å². The normalized spacial score (nSPS) is 10.8. The number of pyridine rings is 1. The third kappa shape index (κ3) is 1.80. The van der Waals surface area contributed by atoms with Gasteiger partial charge in [0, 0.05) is 22.8 Å². The zero-order chi connectivity index (χ0) is 12.5. The molecule has 90 valence electrons. The highest BCUT2D eigenvalue weighted by Gasteiger charge is 2.08. The van der Waals surface area contributed by atoms with Crippen molar-refractivity contribution in [2.75, 3.05) is 7.11 Å². The van der Waals surface area contributed by atoms with Crippen molar-refractivity contribution in [1.29, 1.82) is 0 Å². The van der Waals surface area contributed by atoms with Crippen molar-refractivity contribution in [1.82, 2.24) is 14.6 Å². The second-order valence-corrected chi connectivity index (χ2v) is 4.27. The second kappa shape index (κ2) is 4.31. The number of halogens is 1. The number of rotatable bonds is 2. The first-order valence-electron chi connectivity index (χ1n) is 5.42. The van der Waals surface area contributed by atoms with E-state index in [9.17, 15) is 0 Å². The van der Waals surface area contributed by atoms with E-state index in [1.165, 1.54) is 0 Å². The maximum absolute atomic E-state index is 5.92. The average molecular weight is 260 g/mol. The first kappa shape index (κ1) is 11.0. The van der Waals surface area contributed by atoms with Gasteiger partial charge < -0.3 is 4.74 Å². The van der Waals surface area contributed by atoms with Crippen LogP contribution < -0.4 is 4.74 Å². The summed E-state index contributed by atoms with van der Waals surface area (Å²) >= 11 is 5.92. The van der Waals surface area contributed by atoms with E-state index in [0.29, 0.717) is 5.02 Å². The Balaban J connectivity index is 2.19. The van der Waals surface area contributed by atoms with E-state index in [4.69, 9.17) is 16.3 Å². The Bertz CT molecular complexity index is 708. The maximum atomic E-state index is 5.92. The molecule has 5 heteroatoms. The molecule has 18 heavy (non-hydrogen) atoms. The van der Waals surface area contributed by atoms with Crippen molar-refractivity contribution in [2.45, 2.75) is 0 Å². The lowest BCUT2D eigenvalue weighted by Gasteiger charge is -2.03. The summed E-state index contributed by atoms with van der Waals surface area (Å²) in [5, 5.41) is 8.93. The molecule has 2 heterocycles. The fourth-order valence-corrected chi connectivity index (χ4v) is 1.98. The van der Waals surface area contributed by atoms with E-state index in [2.05, 4.69) is 10.2 Å². The smallest absolute Gasteiger partial charge is 0.168 e. The second-order valence-electron chi connectivity index (χ2n) is 3.83. The summed E-state index contributed by atoms with van der Waals surface area (Å²) in [4.78, 5) is 0. The minimum absolute atomic E-state index is 0.645. The SMILES string of the molecule is COc1cccc(-c2nnc3cc(Cl)ccn23)c1. The predicted molar refractivity (Wildman–Crippen MR) is 70.0 cm³/mol. The Hall–Kier alpha value is -2.07. The van der Waals surface area contributed by atoms with Gasteiger partial charge in [-0.15, -0.1) is 10.2 Å². The molecule has 1 aromatic carbocycles. The van der Waals surface area contributed by atoms with Crippen LogP contribution in [0.25, 0.3) is 17.0 Å². The molecule has 0 N–H and O–H groups in total. The highest BCUT2D eigenvalue weighted by molar-refractivity contribution is 6.30. The lowest BCUT2D eigenvalue weighted by Crippen LogP contribution is -1.90. The van der Waals surface area contributed by atoms with Crippen LogP contribution in [0.4, 0.5) is 0 Å². The van der Waals surface area contributed by atoms with E-state index < -0.39 is 0 Å². The van der Waals surface area contributed by atoms with E-state index >= 15 is 0 Å². The fourth-order valence-electron chi connectivity index (χ4n) is 1.82. The zero-order valence-corrected chi connectivity index (χ0v) is 10.4.